The quantitative estimate of drug-likeness (QED) is 0.747. The van der Waals surface area contributed by atoms with Gasteiger partial charge in [0.25, 0.3) is 0 Å². The molecule has 2 fully saturated rings. The van der Waals surface area contributed by atoms with E-state index < -0.39 is 6.61 Å². The Hall–Kier alpha value is -1.89. The van der Waals surface area contributed by atoms with E-state index in [0.29, 0.717) is 37.6 Å². The Labute approximate surface area is 159 Å². The molecule has 27 heavy (non-hydrogen) atoms. The second-order valence-corrected chi connectivity index (χ2v) is 7.52. The number of nitrogens with one attached hydrogen (secondary N) is 1. The van der Waals surface area contributed by atoms with E-state index in [1.807, 2.05) is 0 Å². The van der Waals surface area contributed by atoms with Crippen molar-refractivity contribution in [1.29, 1.82) is 0 Å². The van der Waals surface area contributed by atoms with Crippen molar-refractivity contribution in [3.05, 3.63) is 23.8 Å². The van der Waals surface area contributed by atoms with Crippen molar-refractivity contribution in [2.45, 2.75) is 64.3 Å². The van der Waals surface area contributed by atoms with E-state index in [2.05, 4.69) is 10.1 Å². The lowest BCUT2D eigenvalue weighted by molar-refractivity contribution is -0.131. The van der Waals surface area contributed by atoms with Crippen molar-refractivity contribution in [2.75, 3.05) is 13.7 Å². The largest absolute Gasteiger partial charge is 0.490 e. The molecule has 2 atom stereocenters. The Morgan fingerprint density at radius 2 is 1.96 bits per heavy atom. The summed E-state index contributed by atoms with van der Waals surface area (Å²) in [7, 11) is 1.78. The van der Waals surface area contributed by atoms with E-state index in [4.69, 9.17) is 4.74 Å². The molecule has 2 aliphatic rings. The average Bonchev–Trinajstić information content (AvgIpc) is 2.95. The third kappa shape index (κ3) is 5.31. The SMILES string of the molecule is CCOc1cc(CN(C)C(=O)CC2CC3CCC(C2)N3)ccc1OC(F)F. The first-order valence-electron chi connectivity index (χ1n) is 9.65. The number of alkyl halides is 2. The highest BCUT2D eigenvalue weighted by Gasteiger charge is 2.34. The van der Waals surface area contributed by atoms with Gasteiger partial charge < -0.3 is 19.7 Å². The summed E-state index contributed by atoms with van der Waals surface area (Å²) < 4.78 is 34.9. The predicted molar refractivity (Wildman–Crippen MR) is 98.0 cm³/mol. The Bertz CT molecular complexity index is 644. The summed E-state index contributed by atoms with van der Waals surface area (Å²) >= 11 is 0. The molecule has 0 aromatic heterocycles. The molecule has 1 aromatic carbocycles. The van der Waals surface area contributed by atoms with Crippen molar-refractivity contribution in [3.63, 3.8) is 0 Å². The molecule has 1 aromatic rings. The summed E-state index contributed by atoms with van der Waals surface area (Å²) in [4.78, 5) is 14.3. The van der Waals surface area contributed by atoms with Crippen LogP contribution in [0.5, 0.6) is 11.5 Å². The molecular formula is C20H28F2N2O3. The Balaban J connectivity index is 1.58. The van der Waals surface area contributed by atoms with E-state index in [9.17, 15) is 13.6 Å². The molecule has 2 unspecified atom stereocenters. The van der Waals surface area contributed by atoms with Gasteiger partial charge in [-0.1, -0.05) is 6.07 Å². The lowest BCUT2D eigenvalue weighted by Gasteiger charge is -2.30. The van der Waals surface area contributed by atoms with Crippen LogP contribution in [0.15, 0.2) is 18.2 Å². The van der Waals surface area contributed by atoms with Crippen LogP contribution in [0.2, 0.25) is 0 Å². The normalized spacial score (nSPS) is 24.1. The molecule has 5 nitrogen and oxygen atoms in total. The van der Waals surface area contributed by atoms with Gasteiger partial charge in [-0.05, 0) is 56.2 Å². The van der Waals surface area contributed by atoms with Crippen molar-refractivity contribution < 1.29 is 23.0 Å². The minimum atomic E-state index is -2.90. The summed E-state index contributed by atoms with van der Waals surface area (Å²) in [6.45, 7) is -0.373. The number of rotatable bonds is 8. The number of carbonyl (C=O) groups excluding carboxylic acids is 1. The van der Waals surface area contributed by atoms with Gasteiger partial charge in [0, 0.05) is 32.1 Å². The van der Waals surface area contributed by atoms with E-state index in [1.54, 1.807) is 31.0 Å². The Kier molecular flexibility index (Phi) is 6.52. The Morgan fingerprint density at radius 1 is 1.26 bits per heavy atom. The zero-order valence-electron chi connectivity index (χ0n) is 15.9. The summed E-state index contributed by atoms with van der Waals surface area (Å²) in [6.07, 6.45) is 5.15. The van der Waals surface area contributed by atoms with Gasteiger partial charge in [0.15, 0.2) is 11.5 Å². The van der Waals surface area contributed by atoms with Gasteiger partial charge in [-0.25, -0.2) is 0 Å². The zero-order chi connectivity index (χ0) is 19.4. The molecular weight excluding hydrogens is 354 g/mol. The maximum absolute atomic E-state index is 12.6. The highest BCUT2D eigenvalue weighted by atomic mass is 19.3. The van der Waals surface area contributed by atoms with Gasteiger partial charge >= 0.3 is 6.61 Å². The fraction of sp³-hybridized carbons (Fsp3) is 0.650. The van der Waals surface area contributed by atoms with Crippen LogP contribution in [0, 0.1) is 5.92 Å². The zero-order valence-corrected chi connectivity index (χ0v) is 15.9. The van der Waals surface area contributed by atoms with Crippen LogP contribution in [0.25, 0.3) is 0 Å². The van der Waals surface area contributed by atoms with Gasteiger partial charge in [-0.3, -0.25) is 4.79 Å². The number of benzene rings is 1. The highest BCUT2D eigenvalue weighted by Crippen LogP contribution is 2.33. The smallest absolute Gasteiger partial charge is 0.387 e. The second kappa shape index (κ2) is 8.87. The molecule has 2 heterocycles. The fourth-order valence-corrected chi connectivity index (χ4v) is 4.22. The molecule has 1 amide bonds. The van der Waals surface area contributed by atoms with Gasteiger partial charge in [0.1, 0.15) is 0 Å². The molecule has 0 saturated carbocycles. The van der Waals surface area contributed by atoms with Crippen LogP contribution in [0.1, 0.15) is 44.6 Å². The Morgan fingerprint density at radius 3 is 2.59 bits per heavy atom. The van der Waals surface area contributed by atoms with Crippen molar-refractivity contribution in [3.8, 4) is 11.5 Å². The number of nitrogens with zero attached hydrogens (tertiary/aromatic N) is 1. The van der Waals surface area contributed by atoms with Crippen LogP contribution >= 0.6 is 0 Å². The van der Waals surface area contributed by atoms with Gasteiger partial charge in [-0.15, -0.1) is 0 Å². The summed E-state index contributed by atoms with van der Waals surface area (Å²) in [5.41, 5.74) is 0.821. The first kappa shape index (κ1) is 19.9. The molecule has 150 valence electrons. The molecule has 2 aliphatic heterocycles. The van der Waals surface area contributed by atoms with Gasteiger partial charge in [-0.2, -0.15) is 8.78 Å². The van der Waals surface area contributed by atoms with Crippen LogP contribution in [-0.2, 0) is 11.3 Å². The number of hydrogen-bond acceptors (Lipinski definition) is 4. The topological polar surface area (TPSA) is 50.8 Å². The van der Waals surface area contributed by atoms with Crippen LogP contribution < -0.4 is 14.8 Å². The number of hydrogen-bond donors (Lipinski definition) is 1. The molecule has 0 spiro atoms. The van der Waals surface area contributed by atoms with Gasteiger partial charge in [0.05, 0.1) is 6.61 Å². The minimum absolute atomic E-state index is 0.00904. The highest BCUT2D eigenvalue weighted by molar-refractivity contribution is 5.76. The molecule has 2 saturated heterocycles. The molecule has 7 heteroatoms. The van der Waals surface area contributed by atoms with Crippen molar-refractivity contribution in [1.82, 2.24) is 10.2 Å². The first-order chi connectivity index (χ1) is 12.9. The number of amides is 1. The third-order valence-corrected chi connectivity index (χ3v) is 5.40. The lowest BCUT2D eigenvalue weighted by Crippen LogP contribution is -2.39. The number of carbonyl (C=O) groups is 1. The van der Waals surface area contributed by atoms with E-state index >= 15 is 0 Å². The molecule has 2 bridgehead atoms. The van der Waals surface area contributed by atoms with Crippen LogP contribution in [0.4, 0.5) is 8.78 Å². The van der Waals surface area contributed by atoms with Crippen molar-refractivity contribution in [2.24, 2.45) is 5.92 Å². The maximum atomic E-state index is 12.6. The number of ether oxygens (including phenoxy) is 2. The molecule has 1 N–H and O–H groups in total. The second-order valence-electron chi connectivity index (χ2n) is 7.52. The van der Waals surface area contributed by atoms with Gasteiger partial charge in [0.2, 0.25) is 5.91 Å². The summed E-state index contributed by atoms with van der Waals surface area (Å²) in [6, 6.07) is 5.96. The van der Waals surface area contributed by atoms with E-state index in [1.165, 1.54) is 18.9 Å². The van der Waals surface area contributed by atoms with E-state index in [0.717, 1.165) is 18.4 Å². The van der Waals surface area contributed by atoms with Crippen molar-refractivity contribution >= 4 is 5.91 Å². The van der Waals surface area contributed by atoms with Crippen LogP contribution in [0.3, 0.4) is 0 Å². The molecule has 3 rings (SSSR count). The third-order valence-electron chi connectivity index (χ3n) is 5.40. The monoisotopic (exact) mass is 382 g/mol. The summed E-state index contributed by atoms with van der Waals surface area (Å²) in [5, 5.41) is 3.60. The molecule has 0 radical (unpaired) electrons. The molecule has 0 aliphatic carbocycles. The summed E-state index contributed by atoms with van der Waals surface area (Å²) in [5.74, 6) is 0.840. The average molecular weight is 382 g/mol. The minimum Gasteiger partial charge on any atom is -0.490 e. The number of halogens is 2. The maximum Gasteiger partial charge on any atom is 0.387 e. The predicted octanol–water partition coefficient (Wildman–Crippen LogP) is 3.57. The lowest BCUT2D eigenvalue weighted by atomic mass is 9.89. The number of fused-ring (bicyclic) bond motifs is 2. The first-order valence-corrected chi connectivity index (χ1v) is 9.65. The van der Waals surface area contributed by atoms with Crippen LogP contribution in [-0.4, -0.2) is 43.2 Å². The fourth-order valence-electron chi connectivity index (χ4n) is 4.22. The standard InChI is InChI=1S/C20H28F2N2O3/c1-3-26-18-10-13(4-7-17(18)27-20(21)22)12-24(2)19(25)11-14-8-15-5-6-16(9-14)23-15/h4,7,10,14-16,20,23H,3,5-6,8-9,11-12H2,1-2H3. The van der Waals surface area contributed by atoms with E-state index in [-0.39, 0.29) is 17.4 Å². The number of piperidine rings is 1.